The molecule has 6 nitrogen and oxygen atoms in total. The molecule has 0 spiro atoms. The molecular weight excluding hydrogens is 218 g/mol. The molecule has 6 heteroatoms. The van der Waals surface area contributed by atoms with Gasteiger partial charge in [-0.05, 0) is 0 Å². The lowest BCUT2D eigenvalue weighted by atomic mass is 10.5. The molecule has 0 rings (SSSR count). The van der Waals surface area contributed by atoms with Crippen LogP contribution in [0.4, 0.5) is 4.79 Å². The molecule has 0 fully saturated rings. The molecule has 0 unspecified atom stereocenters. The fourth-order valence-electron chi connectivity index (χ4n) is 1.49. The molecule has 0 bridgehead atoms. The average Bonchev–Trinajstić information content (AvgIpc) is 2.21. The predicted molar refractivity (Wildman–Crippen MR) is 70.5 cm³/mol. The normalized spacial score (nSPS) is 9.59. The summed E-state index contributed by atoms with van der Waals surface area (Å²) >= 11 is 0. The molecule has 0 aliphatic carbocycles. The minimum atomic E-state index is 0.0167. The molecule has 17 heavy (non-hydrogen) atoms. The van der Waals surface area contributed by atoms with Gasteiger partial charge >= 0.3 is 12.0 Å². The molecule has 0 aliphatic heterocycles. The summed E-state index contributed by atoms with van der Waals surface area (Å²) < 4.78 is 2.01. The Morgan fingerprint density at radius 3 is 1.94 bits per heavy atom. The molecule has 100 valence electrons. The third-order valence-electron chi connectivity index (χ3n) is 2.29. The summed E-state index contributed by atoms with van der Waals surface area (Å²) in [5.74, 6) is 1.02. The standard InChI is InChI=1S/C11H25N5O/c1-13(2)10(14(3)4)12-8-9-16(7)11(17)15(5)6/h8-9H2,1-7H3/p+1. The summed E-state index contributed by atoms with van der Waals surface area (Å²) in [5.41, 5.74) is 0. The molecule has 0 radical (unpaired) electrons. The van der Waals surface area contributed by atoms with Crippen molar-refractivity contribution in [1.29, 1.82) is 0 Å². The van der Waals surface area contributed by atoms with E-state index >= 15 is 0 Å². The van der Waals surface area contributed by atoms with Crippen LogP contribution in [0.1, 0.15) is 0 Å². The topological polar surface area (TPSA) is 41.8 Å². The summed E-state index contributed by atoms with van der Waals surface area (Å²) in [4.78, 5) is 16.9. The van der Waals surface area contributed by atoms with Crippen LogP contribution < -0.4 is 5.32 Å². The van der Waals surface area contributed by atoms with Gasteiger partial charge in [0.25, 0.3) is 0 Å². The minimum Gasteiger partial charge on any atom is -0.331 e. The molecule has 0 saturated heterocycles. The first kappa shape index (κ1) is 15.5. The Balaban J connectivity index is 4.15. The number of guanidine groups is 1. The smallest absolute Gasteiger partial charge is 0.331 e. The van der Waals surface area contributed by atoms with E-state index in [1.54, 1.807) is 30.9 Å². The first-order valence-electron chi connectivity index (χ1n) is 5.65. The van der Waals surface area contributed by atoms with E-state index in [1.807, 2.05) is 37.7 Å². The van der Waals surface area contributed by atoms with E-state index in [9.17, 15) is 4.79 Å². The lowest BCUT2D eigenvalue weighted by Gasteiger charge is -2.21. The number of carbonyl (C=O) groups is 1. The number of carbonyl (C=O) groups excluding carboxylic acids is 1. The number of hydrogen-bond donors (Lipinski definition) is 1. The van der Waals surface area contributed by atoms with Crippen molar-refractivity contribution >= 4 is 12.0 Å². The Hall–Kier alpha value is -1.46. The van der Waals surface area contributed by atoms with Gasteiger partial charge in [0.2, 0.25) is 0 Å². The summed E-state index contributed by atoms with van der Waals surface area (Å²) in [6.07, 6.45) is 0. The molecule has 0 aromatic carbocycles. The third-order valence-corrected chi connectivity index (χ3v) is 2.29. The fraction of sp³-hybridized carbons (Fsp3) is 0.818. The molecule has 0 aromatic heterocycles. The van der Waals surface area contributed by atoms with Crippen molar-refractivity contribution in [1.82, 2.24) is 20.0 Å². The van der Waals surface area contributed by atoms with Gasteiger partial charge in [0.15, 0.2) is 0 Å². The average molecular weight is 244 g/mol. The van der Waals surface area contributed by atoms with E-state index in [2.05, 4.69) is 5.32 Å². The Morgan fingerprint density at radius 1 is 1.06 bits per heavy atom. The highest BCUT2D eigenvalue weighted by Crippen LogP contribution is 1.89. The van der Waals surface area contributed by atoms with Crippen LogP contribution >= 0.6 is 0 Å². The van der Waals surface area contributed by atoms with E-state index in [0.29, 0.717) is 6.54 Å². The van der Waals surface area contributed by atoms with E-state index in [-0.39, 0.29) is 6.03 Å². The Labute approximate surface area is 104 Å². The van der Waals surface area contributed by atoms with Crippen LogP contribution in [-0.2, 0) is 0 Å². The maximum absolute atomic E-state index is 11.6. The van der Waals surface area contributed by atoms with E-state index in [0.717, 1.165) is 12.5 Å². The van der Waals surface area contributed by atoms with Crippen molar-refractivity contribution in [2.45, 2.75) is 0 Å². The summed E-state index contributed by atoms with van der Waals surface area (Å²) in [5, 5.41) is 3.30. The van der Waals surface area contributed by atoms with Crippen molar-refractivity contribution < 1.29 is 9.37 Å². The highest BCUT2D eigenvalue weighted by Gasteiger charge is 2.13. The Kier molecular flexibility index (Phi) is 6.38. The van der Waals surface area contributed by atoms with Gasteiger partial charge in [0.05, 0.1) is 41.3 Å². The molecule has 2 amide bonds. The Morgan fingerprint density at radius 2 is 1.59 bits per heavy atom. The zero-order chi connectivity index (χ0) is 13.6. The van der Waals surface area contributed by atoms with Gasteiger partial charge in [0.1, 0.15) is 0 Å². The van der Waals surface area contributed by atoms with Crippen molar-refractivity contribution in [3.8, 4) is 0 Å². The minimum absolute atomic E-state index is 0.0167. The van der Waals surface area contributed by atoms with Gasteiger partial charge in [-0.2, -0.15) is 0 Å². The second-order valence-electron chi connectivity index (χ2n) is 4.64. The highest BCUT2D eigenvalue weighted by atomic mass is 16.2. The second-order valence-corrected chi connectivity index (χ2v) is 4.64. The van der Waals surface area contributed by atoms with Crippen molar-refractivity contribution in [3.05, 3.63) is 0 Å². The number of likely N-dealkylation sites (N-methyl/N-ethyl adjacent to an activating group) is 1. The summed E-state index contributed by atoms with van der Waals surface area (Å²) in [6.45, 7) is 1.39. The van der Waals surface area contributed by atoms with Crippen LogP contribution in [0.25, 0.3) is 0 Å². The maximum atomic E-state index is 11.6. The van der Waals surface area contributed by atoms with Crippen molar-refractivity contribution in [3.63, 3.8) is 0 Å². The monoisotopic (exact) mass is 244 g/mol. The first-order chi connectivity index (χ1) is 7.77. The molecule has 0 saturated carbocycles. The van der Waals surface area contributed by atoms with E-state index in [1.165, 1.54) is 0 Å². The third kappa shape index (κ3) is 5.42. The highest BCUT2D eigenvalue weighted by molar-refractivity contribution is 5.75. The van der Waals surface area contributed by atoms with Crippen molar-refractivity contribution in [2.24, 2.45) is 0 Å². The molecule has 0 aromatic rings. The number of urea groups is 1. The van der Waals surface area contributed by atoms with Gasteiger partial charge < -0.3 is 9.80 Å². The van der Waals surface area contributed by atoms with Gasteiger partial charge in [0, 0.05) is 21.1 Å². The van der Waals surface area contributed by atoms with Crippen LogP contribution in [0.15, 0.2) is 0 Å². The Bertz CT molecular complexity index is 282. The van der Waals surface area contributed by atoms with Crippen LogP contribution in [0, 0.1) is 0 Å². The van der Waals surface area contributed by atoms with Crippen LogP contribution in [0.2, 0.25) is 0 Å². The lowest BCUT2D eigenvalue weighted by molar-refractivity contribution is -0.472. The summed E-state index contributed by atoms with van der Waals surface area (Å²) in [6, 6.07) is 0.0167. The number of amides is 2. The van der Waals surface area contributed by atoms with Gasteiger partial charge in [-0.25, -0.2) is 4.79 Å². The number of nitrogens with one attached hydrogen (secondary N) is 1. The quantitative estimate of drug-likeness (QED) is 0.409. The lowest BCUT2D eigenvalue weighted by Crippen LogP contribution is -2.46. The van der Waals surface area contributed by atoms with E-state index < -0.39 is 0 Å². The van der Waals surface area contributed by atoms with Gasteiger partial charge in [-0.1, -0.05) is 0 Å². The molecule has 0 atom stereocenters. The van der Waals surface area contributed by atoms with Gasteiger partial charge in [-0.15, -0.1) is 0 Å². The fourth-order valence-corrected chi connectivity index (χ4v) is 1.49. The zero-order valence-electron chi connectivity index (χ0n) is 12.1. The molecule has 0 aliphatic rings. The zero-order valence-corrected chi connectivity index (χ0v) is 12.1. The number of rotatable bonds is 3. The second kappa shape index (κ2) is 6.98. The van der Waals surface area contributed by atoms with Crippen LogP contribution in [0.5, 0.6) is 0 Å². The van der Waals surface area contributed by atoms with Crippen molar-refractivity contribution in [2.75, 3.05) is 62.4 Å². The van der Waals surface area contributed by atoms with Gasteiger partial charge in [-0.3, -0.25) is 14.8 Å². The SMILES string of the molecule is CN(C)C(=O)N(C)CCNC(N(C)C)=[N+](C)C. The first-order valence-corrected chi connectivity index (χ1v) is 5.65. The number of hydrogen-bond acceptors (Lipinski definition) is 1. The molecule has 0 heterocycles. The van der Waals surface area contributed by atoms with Crippen LogP contribution in [-0.4, -0.2) is 93.7 Å². The number of nitrogens with zero attached hydrogens (tertiary/aromatic N) is 4. The maximum Gasteiger partial charge on any atom is 0.347 e. The largest absolute Gasteiger partial charge is 0.347 e. The predicted octanol–water partition coefficient (Wildman–Crippen LogP) is -0.621. The summed E-state index contributed by atoms with van der Waals surface area (Å²) in [7, 11) is 13.2. The van der Waals surface area contributed by atoms with Crippen LogP contribution in [0.3, 0.4) is 0 Å². The molecular formula is C11H26N5O+. The van der Waals surface area contributed by atoms with E-state index in [4.69, 9.17) is 0 Å². The molecule has 1 N–H and O–H groups in total.